The Bertz CT molecular complexity index is 851. The van der Waals surface area contributed by atoms with Crippen LogP contribution >= 0.6 is 0 Å². The van der Waals surface area contributed by atoms with Crippen molar-refractivity contribution in [3.05, 3.63) is 96.6 Å². The summed E-state index contributed by atoms with van der Waals surface area (Å²) in [6.45, 7) is 1.94. The number of carbonyl (C=O) groups excluding carboxylic acids is 1. The number of benzene rings is 3. The van der Waals surface area contributed by atoms with Gasteiger partial charge in [0.25, 0.3) is 0 Å². The zero-order valence-corrected chi connectivity index (χ0v) is 13.6. The van der Waals surface area contributed by atoms with Crippen LogP contribution in [0.25, 0.3) is 16.7 Å². The second-order valence-electron chi connectivity index (χ2n) is 5.59. The van der Waals surface area contributed by atoms with Crippen LogP contribution in [0.5, 0.6) is 0 Å². The van der Waals surface area contributed by atoms with Crippen LogP contribution in [-0.2, 0) is 4.79 Å². The van der Waals surface area contributed by atoms with Gasteiger partial charge in [-0.15, -0.1) is 0 Å². The Morgan fingerprint density at radius 3 is 2.08 bits per heavy atom. The minimum atomic E-state index is -0.125. The molecule has 2 heteroatoms. The highest BCUT2D eigenvalue weighted by Gasteiger charge is 2.07. The molecule has 0 saturated carbocycles. The molecule has 0 bridgehead atoms. The van der Waals surface area contributed by atoms with Crippen LogP contribution in [0.4, 0.5) is 5.69 Å². The minimum Gasteiger partial charge on any atom is -0.322 e. The van der Waals surface area contributed by atoms with E-state index in [-0.39, 0.29) is 5.91 Å². The normalized spacial score (nSPS) is 11.1. The summed E-state index contributed by atoms with van der Waals surface area (Å²) < 4.78 is 0. The van der Waals surface area contributed by atoms with Crippen LogP contribution < -0.4 is 5.32 Å². The molecule has 1 N–H and O–H groups in total. The maximum atomic E-state index is 12.4. The van der Waals surface area contributed by atoms with Crippen molar-refractivity contribution in [1.82, 2.24) is 0 Å². The van der Waals surface area contributed by atoms with E-state index in [1.165, 1.54) is 0 Å². The number of allylic oxidation sites excluding steroid dienone is 1. The molecule has 0 aliphatic carbocycles. The number of carbonyl (C=O) groups is 1. The largest absolute Gasteiger partial charge is 0.322 e. The Morgan fingerprint density at radius 2 is 1.38 bits per heavy atom. The molecule has 118 valence electrons. The van der Waals surface area contributed by atoms with Crippen molar-refractivity contribution in [2.45, 2.75) is 6.92 Å². The smallest absolute Gasteiger partial charge is 0.248 e. The van der Waals surface area contributed by atoms with Crippen molar-refractivity contribution in [3.63, 3.8) is 0 Å². The lowest BCUT2D eigenvalue weighted by Crippen LogP contribution is -2.09. The summed E-state index contributed by atoms with van der Waals surface area (Å²) in [5.74, 6) is -0.125. The predicted octanol–water partition coefficient (Wildman–Crippen LogP) is 5.40. The number of hydrogen-bond donors (Lipinski definition) is 1. The first-order valence-electron chi connectivity index (χ1n) is 7.93. The average Bonchev–Trinajstić information content (AvgIpc) is 2.63. The maximum Gasteiger partial charge on any atom is 0.248 e. The van der Waals surface area contributed by atoms with Crippen molar-refractivity contribution in [2.24, 2.45) is 0 Å². The Morgan fingerprint density at radius 1 is 0.792 bits per heavy atom. The zero-order chi connectivity index (χ0) is 16.8. The Labute approximate surface area is 142 Å². The van der Waals surface area contributed by atoms with Gasteiger partial charge in [0.15, 0.2) is 0 Å². The Balaban J connectivity index is 1.83. The Hall–Kier alpha value is -3.13. The van der Waals surface area contributed by atoms with Gasteiger partial charge in [0, 0.05) is 17.3 Å². The van der Waals surface area contributed by atoms with Gasteiger partial charge in [-0.2, -0.15) is 0 Å². The molecule has 24 heavy (non-hydrogen) atoms. The van der Waals surface area contributed by atoms with Gasteiger partial charge in [-0.1, -0.05) is 78.9 Å². The van der Waals surface area contributed by atoms with Crippen molar-refractivity contribution in [2.75, 3.05) is 5.32 Å². The van der Waals surface area contributed by atoms with Crippen LogP contribution in [0.2, 0.25) is 0 Å². The molecular formula is C22H19NO. The highest BCUT2D eigenvalue weighted by molar-refractivity contribution is 6.05. The van der Waals surface area contributed by atoms with E-state index < -0.39 is 0 Å². The van der Waals surface area contributed by atoms with E-state index in [4.69, 9.17) is 0 Å². The van der Waals surface area contributed by atoms with E-state index in [1.54, 1.807) is 6.08 Å². The fourth-order valence-electron chi connectivity index (χ4n) is 2.61. The fourth-order valence-corrected chi connectivity index (χ4v) is 2.61. The minimum absolute atomic E-state index is 0.125. The first-order valence-corrected chi connectivity index (χ1v) is 7.93. The molecule has 1 amide bonds. The van der Waals surface area contributed by atoms with Gasteiger partial charge in [0.2, 0.25) is 5.91 Å². The number of para-hydroxylation sites is 1. The van der Waals surface area contributed by atoms with Crippen LogP contribution in [0, 0.1) is 0 Å². The molecule has 0 saturated heterocycles. The third kappa shape index (κ3) is 3.79. The fraction of sp³-hybridized carbons (Fsp3) is 0.0455. The molecule has 0 aromatic heterocycles. The van der Waals surface area contributed by atoms with E-state index in [2.05, 4.69) is 5.32 Å². The van der Waals surface area contributed by atoms with Crippen LogP contribution in [0.1, 0.15) is 12.5 Å². The van der Waals surface area contributed by atoms with Gasteiger partial charge >= 0.3 is 0 Å². The molecule has 0 aliphatic heterocycles. The lowest BCUT2D eigenvalue weighted by Gasteiger charge is -2.10. The summed E-state index contributed by atoms with van der Waals surface area (Å²) >= 11 is 0. The quantitative estimate of drug-likeness (QED) is 0.642. The first-order chi connectivity index (χ1) is 11.7. The molecule has 0 radical (unpaired) electrons. The predicted molar refractivity (Wildman–Crippen MR) is 101 cm³/mol. The van der Waals surface area contributed by atoms with E-state index in [0.717, 1.165) is 28.0 Å². The molecule has 0 unspecified atom stereocenters. The molecule has 0 heterocycles. The third-order valence-electron chi connectivity index (χ3n) is 3.85. The molecule has 3 aromatic rings. The first kappa shape index (κ1) is 15.8. The monoisotopic (exact) mass is 313 g/mol. The van der Waals surface area contributed by atoms with E-state index in [1.807, 2.05) is 91.9 Å². The topological polar surface area (TPSA) is 29.1 Å². The van der Waals surface area contributed by atoms with Gasteiger partial charge in [0.1, 0.15) is 0 Å². The highest BCUT2D eigenvalue weighted by Crippen LogP contribution is 2.27. The van der Waals surface area contributed by atoms with Crippen molar-refractivity contribution in [3.8, 4) is 11.1 Å². The molecule has 3 aromatic carbocycles. The highest BCUT2D eigenvalue weighted by atomic mass is 16.1. The van der Waals surface area contributed by atoms with Crippen LogP contribution in [-0.4, -0.2) is 5.91 Å². The lowest BCUT2D eigenvalue weighted by atomic mass is 10.0. The summed E-state index contributed by atoms with van der Waals surface area (Å²) in [7, 11) is 0. The summed E-state index contributed by atoms with van der Waals surface area (Å²) in [5.41, 5.74) is 4.88. The van der Waals surface area contributed by atoms with Gasteiger partial charge in [0.05, 0.1) is 0 Å². The van der Waals surface area contributed by atoms with Gasteiger partial charge < -0.3 is 5.32 Å². The molecule has 0 aliphatic rings. The molecular weight excluding hydrogens is 294 g/mol. The Kier molecular flexibility index (Phi) is 4.87. The molecule has 0 atom stereocenters. The number of nitrogens with one attached hydrogen (secondary N) is 1. The summed E-state index contributed by atoms with van der Waals surface area (Å²) in [5, 5.41) is 2.99. The van der Waals surface area contributed by atoms with E-state index in [9.17, 15) is 4.79 Å². The van der Waals surface area contributed by atoms with Crippen LogP contribution in [0.15, 0.2) is 91.0 Å². The maximum absolute atomic E-state index is 12.4. The number of hydrogen-bond acceptors (Lipinski definition) is 1. The summed E-state index contributed by atoms with van der Waals surface area (Å²) in [6, 6.07) is 27.8. The molecule has 0 spiro atoms. The number of anilines is 1. The van der Waals surface area contributed by atoms with Gasteiger partial charge in [-0.25, -0.2) is 0 Å². The SMILES string of the molecule is C/C(=C/C(=O)Nc1ccccc1-c1ccccc1)c1ccccc1. The lowest BCUT2D eigenvalue weighted by molar-refractivity contribution is -0.111. The van der Waals surface area contributed by atoms with Gasteiger partial charge in [-0.3, -0.25) is 4.79 Å². The second-order valence-corrected chi connectivity index (χ2v) is 5.59. The second kappa shape index (κ2) is 7.42. The summed E-state index contributed by atoms with van der Waals surface area (Å²) in [4.78, 5) is 12.4. The molecule has 3 rings (SSSR count). The van der Waals surface area contributed by atoms with Crippen molar-refractivity contribution in [1.29, 1.82) is 0 Å². The zero-order valence-electron chi connectivity index (χ0n) is 13.6. The molecule has 0 fully saturated rings. The molecule has 2 nitrogen and oxygen atoms in total. The van der Waals surface area contributed by atoms with Crippen LogP contribution in [0.3, 0.4) is 0 Å². The van der Waals surface area contributed by atoms with Crippen molar-refractivity contribution < 1.29 is 4.79 Å². The van der Waals surface area contributed by atoms with E-state index >= 15 is 0 Å². The number of amides is 1. The number of rotatable bonds is 4. The van der Waals surface area contributed by atoms with Gasteiger partial charge in [-0.05, 0) is 29.7 Å². The van der Waals surface area contributed by atoms with Crippen molar-refractivity contribution >= 4 is 17.2 Å². The average molecular weight is 313 g/mol. The van der Waals surface area contributed by atoms with E-state index in [0.29, 0.717) is 0 Å². The third-order valence-corrected chi connectivity index (χ3v) is 3.85. The standard InChI is InChI=1S/C22H19NO/c1-17(18-10-4-2-5-11-18)16-22(24)23-21-15-9-8-14-20(21)19-12-6-3-7-13-19/h2-16H,1H3,(H,23,24)/b17-16-. The summed E-state index contributed by atoms with van der Waals surface area (Å²) in [6.07, 6.45) is 1.64.